The molecular formula is C17H11ClO2. The molecule has 0 radical (unpaired) electrons. The first kappa shape index (κ1) is 12.7. The number of rotatable bonds is 1. The zero-order valence-electron chi connectivity index (χ0n) is 10.5. The number of benzene rings is 2. The molecule has 2 nitrogen and oxygen atoms in total. The van der Waals surface area contributed by atoms with Gasteiger partial charge in [0, 0.05) is 10.4 Å². The molecule has 0 aliphatic heterocycles. The summed E-state index contributed by atoms with van der Waals surface area (Å²) in [4.78, 5) is 12.2. The van der Waals surface area contributed by atoms with E-state index in [1.54, 1.807) is 36.4 Å². The molecule has 0 bridgehead atoms. The standard InChI is InChI=1S/C17H11ClO2/c18-13-8-5-12(6-9-13)16-15(19)10-7-11-3-1-2-4-14(11)17(16)20/h1-10,20H. The van der Waals surface area contributed by atoms with Crippen molar-refractivity contribution < 1.29 is 5.11 Å². The summed E-state index contributed by atoms with van der Waals surface area (Å²) >= 11 is 5.86. The molecule has 3 heteroatoms. The summed E-state index contributed by atoms with van der Waals surface area (Å²) in [5.41, 5.74) is 0.724. The van der Waals surface area contributed by atoms with E-state index >= 15 is 0 Å². The van der Waals surface area contributed by atoms with E-state index in [0.29, 0.717) is 21.5 Å². The molecule has 3 aromatic rings. The van der Waals surface area contributed by atoms with Crippen LogP contribution >= 0.6 is 11.6 Å². The minimum atomic E-state index is -0.221. The van der Waals surface area contributed by atoms with Gasteiger partial charge in [-0.05, 0) is 29.1 Å². The zero-order valence-corrected chi connectivity index (χ0v) is 11.3. The van der Waals surface area contributed by atoms with Crippen molar-refractivity contribution in [2.75, 3.05) is 0 Å². The van der Waals surface area contributed by atoms with Crippen molar-refractivity contribution in [2.45, 2.75) is 0 Å². The van der Waals surface area contributed by atoms with Crippen LogP contribution in [0.1, 0.15) is 0 Å². The maximum absolute atomic E-state index is 12.2. The summed E-state index contributed by atoms with van der Waals surface area (Å²) < 4.78 is 0. The Morgan fingerprint density at radius 1 is 0.850 bits per heavy atom. The van der Waals surface area contributed by atoms with Gasteiger partial charge in [0.2, 0.25) is 0 Å². The van der Waals surface area contributed by atoms with Crippen LogP contribution in [0.5, 0.6) is 5.75 Å². The van der Waals surface area contributed by atoms with Crippen molar-refractivity contribution in [2.24, 2.45) is 0 Å². The molecule has 0 atom stereocenters. The second kappa shape index (κ2) is 4.99. The Balaban J connectivity index is 2.41. The monoisotopic (exact) mass is 282 g/mol. The minimum absolute atomic E-state index is 0.00192. The Labute approximate surface area is 120 Å². The van der Waals surface area contributed by atoms with Crippen LogP contribution in [0, 0.1) is 0 Å². The summed E-state index contributed by atoms with van der Waals surface area (Å²) in [5, 5.41) is 12.5. The molecule has 0 saturated heterocycles. The number of hydrogen-bond acceptors (Lipinski definition) is 2. The summed E-state index contributed by atoms with van der Waals surface area (Å²) in [6.45, 7) is 0. The fraction of sp³-hybridized carbons (Fsp3) is 0. The van der Waals surface area contributed by atoms with Gasteiger partial charge in [0.05, 0.1) is 5.56 Å². The molecular weight excluding hydrogens is 272 g/mol. The van der Waals surface area contributed by atoms with Gasteiger partial charge in [-0.2, -0.15) is 0 Å². The van der Waals surface area contributed by atoms with Crippen LogP contribution in [0.25, 0.3) is 21.9 Å². The van der Waals surface area contributed by atoms with E-state index in [0.717, 1.165) is 5.39 Å². The molecule has 0 fully saturated rings. The SMILES string of the molecule is O=c1ccc2ccccc2c(O)c1-c1ccc(Cl)cc1. The summed E-state index contributed by atoms with van der Waals surface area (Å²) in [5.74, 6) is -0.00192. The number of fused-ring (bicyclic) bond motifs is 1. The molecule has 3 aromatic carbocycles. The number of aromatic hydroxyl groups is 1. The van der Waals surface area contributed by atoms with E-state index in [1.165, 1.54) is 6.07 Å². The summed E-state index contributed by atoms with van der Waals surface area (Å²) in [6, 6.07) is 17.4. The molecule has 0 aliphatic rings. The molecule has 1 N–H and O–H groups in total. The third-order valence-electron chi connectivity index (χ3n) is 3.25. The van der Waals surface area contributed by atoms with E-state index in [1.807, 2.05) is 18.2 Å². The van der Waals surface area contributed by atoms with E-state index < -0.39 is 0 Å². The van der Waals surface area contributed by atoms with Crippen LogP contribution < -0.4 is 5.43 Å². The smallest absolute Gasteiger partial charge is 0.190 e. The Kier molecular flexibility index (Phi) is 3.17. The summed E-state index contributed by atoms with van der Waals surface area (Å²) in [7, 11) is 0. The van der Waals surface area contributed by atoms with Crippen LogP contribution in [0.4, 0.5) is 0 Å². The lowest BCUT2D eigenvalue weighted by molar-refractivity contribution is 0.483. The Hall–Kier alpha value is -2.32. The quantitative estimate of drug-likeness (QED) is 0.725. The fourth-order valence-corrected chi connectivity index (χ4v) is 2.38. The first-order chi connectivity index (χ1) is 9.66. The van der Waals surface area contributed by atoms with Crippen LogP contribution in [0.2, 0.25) is 5.02 Å². The lowest BCUT2D eigenvalue weighted by atomic mass is 10.0. The molecule has 0 aromatic heterocycles. The lowest BCUT2D eigenvalue weighted by Gasteiger charge is -2.03. The highest BCUT2D eigenvalue weighted by Gasteiger charge is 2.10. The van der Waals surface area contributed by atoms with Crippen molar-refractivity contribution in [3.05, 3.63) is 75.9 Å². The van der Waals surface area contributed by atoms with Gasteiger partial charge >= 0.3 is 0 Å². The molecule has 20 heavy (non-hydrogen) atoms. The van der Waals surface area contributed by atoms with Gasteiger partial charge < -0.3 is 5.11 Å². The second-order valence-corrected chi connectivity index (χ2v) is 4.95. The average Bonchev–Trinajstić information content (AvgIpc) is 2.59. The maximum atomic E-state index is 12.2. The van der Waals surface area contributed by atoms with Gasteiger partial charge in [0.1, 0.15) is 5.75 Å². The molecule has 98 valence electrons. The number of halogens is 1. The molecule has 3 rings (SSSR count). The Morgan fingerprint density at radius 3 is 2.30 bits per heavy atom. The average molecular weight is 283 g/mol. The van der Waals surface area contributed by atoms with Crippen molar-refractivity contribution >= 4 is 22.4 Å². The van der Waals surface area contributed by atoms with Gasteiger partial charge in [-0.1, -0.05) is 54.1 Å². The largest absolute Gasteiger partial charge is 0.507 e. The second-order valence-electron chi connectivity index (χ2n) is 4.52. The van der Waals surface area contributed by atoms with Gasteiger partial charge in [-0.25, -0.2) is 0 Å². The molecule has 0 aliphatic carbocycles. The highest BCUT2D eigenvalue weighted by atomic mass is 35.5. The Bertz CT molecular complexity index is 839. The minimum Gasteiger partial charge on any atom is -0.507 e. The van der Waals surface area contributed by atoms with Crippen LogP contribution in [-0.2, 0) is 0 Å². The van der Waals surface area contributed by atoms with Crippen LogP contribution in [0.15, 0.2) is 65.5 Å². The van der Waals surface area contributed by atoms with Gasteiger partial charge in [0.15, 0.2) is 5.43 Å². The van der Waals surface area contributed by atoms with Crippen LogP contribution in [-0.4, -0.2) is 5.11 Å². The van der Waals surface area contributed by atoms with Gasteiger partial charge in [0.25, 0.3) is 0 Å². The number of hydrogen-bond donors (Lipinski definition) is 1. The first-order valence-corrected chi connectivity index (χ1v) is 6.55. The predicted octanol–water partition coefficient (Wildman–Crippen LogP) is 4.23. The van der Waals surface area contributed by atoms with E-state index in [2.05, 4.69) is 0 Å². The molecule has 0 amide bonds. The van der Waals surface area contributed by atoms with Crippen molar-refractivity contribution in [3.63, 3.8) is 0 Å². The van der Waals surface area contributed by atoms with Gasteiger partial charge in [-0.3, -0.25) is 4.79 Å². The topological polar surface area (TPSA) is 37.3 Å². The fourth-order valence-electron chi connectivity index (χ4n) is 2.25. The predicted molar refractivity (Wildman–Crippen MR) is 82.3 cm³/mol. The highest BCUT2D eigenvalue weighted by molar-refractivity contribution is 6.30. The maximum Gasteiger partial charge on any atom is 0.190 e. The molecule has 0 spiro atoms. The molecule has 0 unspecified atom stereocenters. The van der Waals surface area contributed by atoms with Crippen molar-refractivity contribution in [3.8, 4) is 16.9 Å². The first-order valence-electron chi connectivity index (χ1n) is 6.18. The third kappa shape index (κ3) is 2.15. The summed E-state index contributed by atoms with van der Waals surface area (Å²) in [6.07, 6.45) is 0. The van der Waals surface area contributed by atoms with Crippen molar-refractivity contribution in [1.82, 2.24) is 0 Å². The van der Waals surface area contributed by atoms with E-state index in [9.17, 15) is 9.90 Å². The van der Waals surface area contributed by atoms with Gasteiger partial charge in [-0.15, -0.1) is 0 Å². The molecule has 0 saturated carbocycles. The molecule has 0 heterocycles. The van der Waals surface area contributed by atoms with Crippen LogP contribution in [0.3, 0.4) is 0 Å². The highest BCUT2D eigenvalue weighted by Crippen LogP contribution is 2.32. The third-order valence-corrected chi connectivity index (χ3v) is 3.50. The van der Waals surface area contributed by atoms with E-state index in [-0.39, 0.29) is 11.2 Å². The van der Waals surface area contributed by atoms with Crippen molar-refractivity contribution in [1.29, 1.82) is 0 Å². The lowest BCUT2D eigenvalue weighted by Crippen LogP contribution is -1.99. The Morgan fingerprint density at radius 2 is 1.55 bits per heavy atom. The normalized spacial score (nSPS) is 10.7. The van der Waals surface area contributed by atoms with E-state index in [4.69, 9.17) is 11.6 Å². The zero-order chi connectivity index (χ0) is 14.1.